The Labute approximate surface area is 181 Å². The predicted molar refractivity (Wildman–Crippen MR) is 125 cm³/mol. The third-order valence-corrected chi connectivity index (χ3v) is 5.82. The number of rotatable bonds is 9. The zero-order valence-corrected chi connectivity index (χ0v) is 18.7. The van der Waals surface area contributed by atoms with Gasteiger partial charge in [-0.1, -0.05) is 31.2 Å². The summed E-state index contributed by atoms with van der Waals surface area (Å²) in [5.41, 5.74) is 4.46. The van der Waals surface area contributed by atoms with Gasteiger partial charge in [0.15, 0.2) is 0 Å². The number of piperazine rings is 1. The quantitative estimate of drug-likeness (QED) is 0.659. The zero-order valence-electron chi connectivity index (χ0n) is 18.7. The molecule has 5 heteroatoms. The van der Waals surface area contributed by atoms with E-state index in [0.29, 0.717) is 0 Å². The van der Waals surface area contributed by atoms with Crippen molar-refractivity contribution in [3.63, 3.8) is 0 Å². The summed E-state index contributed by atoms with van der Waals surface area (Å²) in [5.74, 6) is 0.107. The lowest BCUT2D eigenvalue weighted by Gasteiger charge is -2.36. The molecule has 2 aromatic rings. The Morgan fingerprint density at radius 3 is 2.37 bits per heavy atom. The summed E-state index contributed by atoms with van der Waals surface area (Å²) < 4.78 is 0. The summed E-state index contributed by atoms with van der Waals surface area (Å²) in [6.45, 7) is 12.7. The van der Waals surface area contributed by atoms with E-state index in [9.17, 15) is 4.79 Å². The molecule has 1 fully saturated rings. The minimum absolute atomic E-state index is 0.107. The van der Waals surface area contributed by atoms with Gasteiger partial charge < -0.3 is 15.5 Å². The summed E-state index contributed by atoms with van der Waals surface area (Å²) in [6, 6.07) is 17.2. The van der Waals surface area contributed by atoms with Crippen LogP contribution >= 0.6 is 0 Å². The lowest BCUT2D eigenvalue weighted by Crippen LogP contribution is -2.45. The summed E-state index contributed by atoms with van der Waals surface area (Å²) in [4.78, 5) is 17.1. The van der Waals surface area contributed by atoms with Gasteiger partial charge in [-0.2, -0.15) is 0 Å². The smallest absolute Gasteiger partial charge is 0.253 e. The van der Waals surface area contributed by atoms with Crippen molar-refractivity contribution in [1.29, 1.82) is 0 Å². The summed E-state index contributed by atoms with van der Waals surface area (Å²) in [5, 5.41) is 6.97. The Kier molecular flexibility index (Phi) is 8.29. The Hall–Kier alpha value is -2.37. The van der Waals surface area contributed by atoms with Crippen LogP contribution in [0.4, 0.5) is 5.69 Å². The van der Waals surface area contributed by atoms with Gasteiger partial charge in [-0.05, 0) is 55.7 Å². The average Bonchev–Trinajstić information content (AvgIpc) is 2.80. The molecule has 0 aliphatic carbocycles. The van der Waals surface area contributed by atoms with E-state index in [0.717, 1.165) is 57.8 Å². The molecule has 30 heavy (non-hydrogen) atoms. The molecule has 2 aromatic carbocycles. The van der Waals surface area contributed by atoms with Gasteiger partial charge in [0.05, 0.1) is 6.04 Å². The molecule has 1 amide bonds. The molecule has 1 aliphatic heterocycles. The third kappa shape index (κ3) is 5.41. The first kappa shape index (κ1) is 22.3. The molecule has 0 spiro atoms. The highest BCUT2D eigenvalue weighted by Gasteiger charge is 2.24. The molecule has 162 valence electrons. The topological polar surface area (TPSA) is 47.6 Å². The predicted octanol–water partition coefficient (Wildman–Crippen LogP) is 3.99. The minimum atomic E-state index is 0.107. The molecule has 3 rings (SSSR count). The fourth-order valence-corrected chi connectivity index (χ4v) is 4.14. The fraction of sp³-hybridized carbons (Fsp3) is 0.480. The first-order valence-electron chi connectivity index (χ1n) is 11.4. The second-order valence-electron chi connectivity index (χ2n) is 7.84. The van der Waals surface area contributed by atoms with E-state index in [1.54, 1.807) is 0 Å². The van der Waals surface area contributed by atoms with Crippen LogP contribution in [-0.4, -0.2) is 61.5 Å². The van der Waals surface area contributed by atoms with Crippen molar-refractivity contribution in [3.8, 4) is 0 Å². The van der Waals surface area contributed by atoms with Crippen LogP contribution in [0.1, 0.15) is 54.7 Å². The highest BCUT2D eigenvalue weighted by molar-refractivity contribution is 5.94. The van der Waals surface area contributed by atoms with Crippen molar-refractivity contribution in [3.05, 3.63) is 65.2 Å². The number of nitrogens with one attached hydrogen (secondary N) is 2. The molecule has 5 nitrogen and oxygen atoms in total. The maximum atomic E-state index is 12.7. The first-order valence-corrected chi connectivity index (χ1v) is 11.4. The summed E-state index contributed by atoms with van der Waals surface area (Å²) in [6.07, 6.45) is 1.10. The molecular weight excluding hydrogens is 372 g/mol. The number of hydrogen-bond acceptors (Lipinski definition) is 4. The van der Waals surface area contributed by atoms with Crippen molar-refractivity contribution in [2.24, 2.45) is 0 Å². The van der Waals surface area contributed by atoms with Crippen LogP contribution in [-0.2, 0) is 0 Å². The minimum Gasteiger partial charge on any atom is -0.385 e. The van der Waals surface area contributed by atoms with Gasteiger partial charge in [-0.15, -0.1) is 0 Å². The Balaban J connectivity index is 1.90. The Bertz CT molecular complexity index is 795. The van der Waals surface area contributed by atoms with Gasteiger partial charge in [0.25, 0.3) is 5.91 Å². The molecule has 1 saturated heterocycles. The van der Waals surface area contributed by atoms with Crippen LogP contribution in [0.5, 0.6) is 0 Å². The van der Waals surface area contributed by atoms with Gasteiger partial charge in [-0.25, -0.2) is 0 Å². The maximum Gasteiger partial charge on any atom is 0.253 e. The molecule has 0 radical (unpaired) electrons. The molecule has 0 saturated carbocycles. The van der Waals surface area contributed by atoms with Gasteiger partial charge >= 0.3 is 0 Å². The van der Waals surface area contributed by atoms with Crippen LogP contribution in [0.15, 0.2) is 48.5 Å². The van der Waals surface area contributed by atoms with Crippen molar-refractivity contribution >= 4 is 11.6 Å². The molecule has 1 atom stereocenters. The van der Waals surface area contributed by atoms with Crippen molar-refractivity contribution in [2.45, 2.75) is 33.2 Å². The Morgan fingerprint density at radius 2 is 1.73 bits per heavy atom. The zero-order chi connectivity index (χ0) is 21.3. The number of benzene rings is 2. The number of amides is 1. The molecular formula is C25H36N4O. The van der Waals surface area contributed by atoms with E-state index < -0.39 is 0 Å². The van der Waals surface area contributed by atoms with E-state index in [1.807, 2.05) is 30.9 Å². The van der Waals surface area contributed by atoms with Crippen LogP contribution < -0.4 is 10.6 Å². The summed E-state index contributed by atoms with van der Waals surface area (Å²) >= 11 is 0. The van der Waals surface area contributed by atoms with Crippen LogP contribution in [0.3, 0.4) is 0 Å². The number of hydrogen-bond donors (Lipinski definition) is 2. The monoisotopic (exact) mass is 408 g/mol. The lowest BCUT2D eigenvalue weighted by molar-refractivity contribution is 0.0773. The number of carbonyl (C=O) groups excluding carboxylic acids is 1. The second kappa shape index (κ2) is 11.1. The molecule has 0 unspecified atom stereocenters. The summed E-state index contributed by atoms with van der Waals surface area (Å²) in [7, 11) is 0. The van der Waals surface area contributed by atoms with E-state index in [-0.39, 0.29) is 11.9 Å². The van der Waals surface area contributed by atoms with Crippen LogP contribution in [0, 0.1) is 0 Å². The van der Waals surface area contributed by atoms with Gasteiger partial charge in [0, 0.05) is 57.1 Å². The van der Waals surface area contributed by atoms with Crippen LogP contribution in [0.2, 0.25) is 0 Å². The van der Waals surface area contributed by atoms with Crippen molar-refractivity contribution in [2.75, 3.05) is 51.1 Å². The van der Waals surface area contributed by atoms with E-state index in [2.05, 4.69) is 58.9 Å². The van der Waals surface area contributed by atoms with E-state index in [1.165, 1.54) is 16.8 Å². The highest BCUT2D eigenvalue weighted by atomic mass is 16.2. The molecule has 1 aliphatic rings. The SMILES string of the molecule is CCCNc1cccc([C@H](c2ccc(C(=O)N(CC)CC)cc2)N2CCNCC2)c1. The van der Waals surface area contributed by atoms with E-state index >= 15 is 0 Å². The standard InChI is InChI=1S/C25H36N4O/c1-4-14-27-23-9-7-8-22(19-23)24(29-17-15-26-16-18-29)20-10-12-21(13-11-20)25(30)28(5-2)6-3/h7-13,19,24,26-27H,4-6,14-18H2,1-3H3/t24-/m0/s1. The van der Waals surface area contributed by atoms with Crippen molar-refractivity contribution in [1.82, 2.24) is 15.1 Å². The molecule has 0 aromatic heterocycles. The third-order valence-electron chi connectivity index (χ3n) is 5.82. The Morgan fingerprint density at radius 1 is 1.03 bits per heavy atom. The number of carbonyl (C=O) groups is 1. The molecule has 2 N–H and O–H groups in total. The van der Waals surface area contributed by atoms with Crippen LogP contribution in [0.25, 0.3) is 0 Å². The first-order chi connectivity index (χ1) is 14.7. The van der Waals surface area contributed by atoms with Gasteiger partial charge in [0.2, 0.25) is 0 Å². The maximum absolute atomic E-state index is 12.7. The molecule has 0 bridgehead atoms. The number of nitrogens with zero attached hydrogens (tertiary/aromatic N) is 2. The molecule has 1 heterocycles. The normalized spacial score (nSPS) is 15.6. The van der Waals surface area contributed by atoms with Gasteiger partial charge in [0.1, 0.15) is 0 Å². The van der Waals surface area contributed by atoms with Crippen molar-refractivity contribution < 1.29 is 4.79 Å². The largest absolute Gasteiger partial charge is 0.385 e. The fourth-order valence-electron chi connectivity index (χ4n) is 4.14. The van der Waals surface area contributed by atoms with E-state index in [4.69, 9.17) is 0 Å². The lowest BCUT2D eigenvalue weighted by atomic mass is 9.95. The average molecular weight is 409 g/mol. The second-order valence-corrected chi connectivity index (χ2v) is 7.84. The highest BCUT2D eigenvalue weighted by Crippen LogP contribution is 2.31. The number of anilines is 1. The van der Waals surface area contributed by atoms with Gasteiger partial charge in [-0.3, -0.25) is 9.69 Å².